The van der Waals surface area contributed by atoms with Crippen molar-refractivity contribution in [2.75, 3.05) is 19.6 Å². The standard InChI is InChI=1S/C18H21N3OS2/c22-18(13-20-8-2-1-3-9-20)21-15(17-7-5-11-24-17)12-14(19-21)16-6-4-10-23-16/h4-7,10-11,15H,1-3,8-9,12-13H2. The van der Waals surface area contributed by atoms with Crippen LogP contribution in [0.15, 0.2) is 40.1 Å². The Morgan fingerprint density at radius 3 is 2.62 bits per heavy atom. The van der Waals surface area contributed by atoms with Crippen molar-refractivity contribution in [2.24, 2.45) is 5.10 Å². The van der Waals surface area contributed by atoms with Crippen molar-refractivity contribution < 1.29 is 4.79 Å². The lowest BCUT2D eigenvalue weighted by Crippen LogP contribution is -2.40. The van der Waals surface area contributed by atoms with Crippen LogP contribution in [0.1, 0.15) is 41.5 Å². The average Bonchev–Trinajstić information content (AvgIpc) is 3.35. The quantitative estimate of drug-likeness (QED) is 0.828. The van der Waals surface area contributed by atoms with E-state index in [0.717, 1.165) is 25.2 Å². The molecule has 0 spiro atoms. The summed E-state index contributed by atoms with van der Waals surface area (Å²) in [6.07, 6.45) is 4.50. The first-order valence-corrected chi connectivity index (χ1v) is 10.3. The number of piperidine rings is 1. The highest BCUT2D eigenvalue weighted by Gasteiger charge is 2.34. The van der Waals surface area contributed by atoms with Gasteiger partial charge in [-0.15, -0.1) is 22.7 Å². The predicted molar refractivity (Wildman–Crippen MR) is 99.7 cm³/mol. The zero-order chi connectivity index (χ0) is 16.4. The van der Waals surface area contributed by atoms with Crippen molar-refractivity contribution in [1.29, 1.82) is 0 Å². The van der Waals surface area contributed by atoms with Crippen LogP contribution in [0, 0.1) is 0 Å². The Kier molecular flexibility index (Phi) is 4.78. The first kappa shape index (κ1) is 16.0. The van der Waals surface area contributed by atoms with Gasteiger partial charge in [-0.05, 0) is 48.8 Å². The summed E-state index contributed by atoms with van der Waals surface area (Å²) in [4.78, 5) is 17.6. The molecule has 4 heterocycles. The molecule has 2 aliphatic heterocycles. The van der Waals surface area contributed by atoms with Crippen LogP contribution in [0.25, 0.3) is 0 Å². The number of amides is 1. The molecule has 0 radical (unpaired) electrons. The Balaban J connectivity index is 1.55. The minimum Gasteiger partial charge on any atom is -0.294 e. The molecule has 24 heavy (non-hydrogen) atoms. The lowest BCUT2D eigenvalue weighted by Gasteiger charge is -2.28. The molecule has 1 amide bonds. The van der Waals surface area contributed by atoms with Crippen LogP contribution >= 0.6 is 22.7 Å². The van der Waals surface area contributed by atoms with Gasteiger partial charge >= 0.3 is 0 Å². The van der Waals surface area contributed by atoms with Gasteiger partial charge in [0.2, 0.25) is 0 Å². The number of likely N-dealkylation sites (tertiary alicyclic amines) is 1. The molecule has 1 atom stereocenters. The van der Waals surface area contributed by atoms with E-state index in [4.69, 9.17) is 5.10 Å². The molecule has 4 nitrogen and oxygen atoms in total. The minimum absolute atomic E-state index is 0.0550. The van der Waals surface area contributed by atoms with Crippen molar-refractivity contribution in [2.45, 2.75) is 31.7 Å². The average molecular weight is 360 g/mol. The molecule has 0 N–H and O–H groups in total. The zero-order valence-electron chi connectivity index (χ0n) is 13.6. The van der Waals surface area contributed by atoms with E-state index in [9.17, 15) is 4.79 Å². The molecule has 0 aromatic carbocycles. The van der Waals surface area contributed by atoms with E-state index < -0.39 is 0 Å². The lowest BCUT2D eigenvalue weighted by atomic mass is 10.1. The molecule has 1 saturated heterocycles. The van der Waals surface area contributed by atoms with Crippen LogP contribution in [0.2, 0.25) is 0 Å². The van der Waals surface area contributed by atoms with E-state index in [1.165, 1.54) is 29.0 Å². The predicted octanol–water partition coefficient (Wildman–Crippen LogP) is 3.97. The van der Waals surface area contributed by atoms with Crippen LogP contribution in [-0.4, -0.2) is 41.2 Å². The van der Waals surface area contributed by atoms with E-state index in [1.807, 2.05) is 6.07 Å². The Hall–Kier alpha value is -1.50. The van der Waals surface area contributed by atoms with Crippen LogP contribution in [0.5, 0.6) is 0 Å². The molecule has 1 unspecified atom stereocenters. The summed E-state index contributed by atoms with van der Waals surface area (Å²) in [5.41, 5.74) is 1.04. The number of carbonyl (C=O) groups excluding carboxylic acids is 1. The summed E-state index contributed by atoms with van der Waals surface area (Å²) in [7, 11) is 0. The van der Waals surface area contributed by atoms with Gasteiger partial charge in [-0.25, -0.2) is 5.01 Å². The molecule has 6 heteroatoms. The van der Waals surface area contributed by atoms with Gasteiger partial charge in [0, 0.05) is 11.3 Å². The Bertz CT molecular complexity index is 703. The zero-order valence-corrected chi connectivity index (χ0v) is 15.2. The van der Waals surface area contributed by atoms with Gasteiger partial charge in [0.05, 0.1) is 23.2 Å². The van der Waals surface area contributed by atoms with Crippen molar-refractivity contribution >= 4 is 34.3 Å². The smallest absolute Gasteiger partial charge is 0.257 e. The monoisotopic (exact) mass is 359 g/mol. The first-order valence-electron chi connectivity index (χ1n) is 8.50. The van der Waals surface area contributed by atoms with E-state index in [0.29, 0.717) is 6.54 Å². The summed E-state index contributed by atoms with van der Waals surface area (Å²) in [5.74, 6) is 0.127. The van der Waals surface area contributed by atoms with Crippen LogP contribution in [0.3, 0.4) is 0 Å². The highest BCUT2D eigenvalue weighted by molar-refractivity contribution is 7.12. The largest absolute Gasteiger partial charge is 0.294 e. The highest BCUT2D eigenvalue weighted by atomic mass is 32.1. The van der Waals surface area contributed by atoms with E-state index in [-0.39, 0.29) is 11.9 Å². The van der Waals surface area contributed by atoms with Gasteiger partial charge in [-0.1, -0.05) is 18.6 Å². The summed E-state index contributed by atoms with van der Waals surface area (Å²) >= 11 is 3.40. The van der Waals surface area contributed by atoms with Crippen molar-refractivity contribution in [3.8, 4) is 0 Å². The van der Waals surface area contributed by atoms with Gasteiger partial charge in [-0.2, -0.15) is 5.10 Å². The number of hydrogen-bond acceptors (Lipinski definition) is 5. The fourth-order valence-corrected chi connectivity index (χ4v) is 4.95. The number of carbonyl (C=O) groups is 1. The number of hydrazone groups is 1. The summed E-state index contributed by atoms with van der Waals surface area (Å²) in [6.45, 7) is 2.55. The number of nitrogens with zero attached hydrogens (tertiary/aromatic N) is 3. The second-order valence-corrected chi connectivity index (χ2v) is 8.26. The molecule has 2 aromatic heterocycles. The SMILES string of the molecule is O=C(CN1CCCCC1)N1N=C(c2cccs2)CC1c1cccs1. The lowest BCUT2D eigenvalue weighted by molar-refractivity contribution is -0.134. The van der Waals surface area contributed by atoms with Gasteiger partial charge in [-0.3, -0.25) is 9.69 Å². The number of rotatable bonds is 4. The molecular formula is C18H21N3OS2. The van der Waals surface area contributed by atoms with Crippen molar-refractivity contribution in [3.63, 3.8) is 0 Å². The molecule has 0 saturated carbocycles. The van der Waals surface area contributed by atoms with Crippen LogP contribution in [0.4, 0.5) is 0 Å². The van der Waals surface area contributed by atoms with Gasteiger partial charge in [0.25, 0.3) is 5.91 Å². The minimum atomic E-state index is 0.0550. The third-order valence-electron chi connectivity index (χ3n) is 4.65. The van der Waals surface area contributed by atoms with Gasteiger partial charge in [0.1, 0.15) is 0 Å². The first-order chi connectivity index (χ1) is 11.8. The molecule has 126 valence electrons. The van der Waals surface area contributed by atoms with Crippen molar-refractivity contribution in [1.82, 2.24) is 9.91 Å². The van der Waals surface area contributed by atoms with Crippen LogP contribution < -0.4 is 0 Å². The van der Waals surface area contributed by atoms with Crippen LogP contribution in [-0.2, 0) is 4.79 Å². The topological polar surface area (TPSA) is 35.9 Å². The highest BCUT2D eigenvalue weighted by Crippen LogP contribution is 2.36. The number of hydrogen-bond donors (Lipinski definition) is 0. The maximum atomic E-state index is 12.9. The second-order valence-electron chi connectivity index (χ2n) is 6.33. The summed E-state index contributed by atoms with van der Waals surface area (Å²) < 4.78 is 0. The Morgan fingerprint density at radius 2 is 1.92 bits per heavy atom. The third-order valence-corrected chi connectivity index (χ3v) is 6.54. The van der Waals surface area contributed by atoms with E-state index >= 15 is 0 Å². The van der Waals surface area contributed by atoms with Gasteiger partial charge in [0.15, 0.2) is 0 Å². The molecule has 0 bridgehead atoms. The third kappa shape index (κ3) is 3.31. The maximum absolute atomic E-state index is 12.9. The fraction of sp³-hybridized carbons (Fsp3) is 0.444. The van der Waals surface area contributed by atoms with E-state index in [2.05, 4.69) is 33.9 Å². The Labute approximate surface area is 150 Å². The fourth-order valence-electron chi connectivity index (χ4n) is 3.42. The Morgan fingerprint density at radius 1 is 1.12 bits per heavy atom. The molecule has 2 aliphatic rings. The molecule has 1 fully saturated rings. The summed E-state index contributed by atoms with van der Waals surface area (Å²) in [6, 6.07) is 8.35. The number of thiophene rings is 2. The van der Waals surface area contributed by atoms with Gasteiger partial charge < -0.3 is 0 Å². The van der Waals surface area contributed by atoms with Crippen molar-refractivity contribution in [3.05, 3.63) is 44.8 Å². The molecule has 4 rings (SSSR count). The maximum Gasteiger partial charge on any atom is 0.257 e. The molecular weight excluding hydrogens is 338 g/mol. The summed E-state index contributed by atoms with van der Waals surface area (Å²) in [5, 5.41) is 10.6. The normalized spacial score (nSPS) is 21.9. The second kappa shape index (κ2) is 7.17. The molecule has 2 aromatic rings. The molecule has 0 aliphatic carbocycles. The van der Waals surface area contributed by atoms with E-state index in [1.54, 1.807) is 27.7 Å².